The third kappa shape index (κ3) is 6.73. The molecule has 29 heavy (non-hydrogen) atoms. The average molecular weight is 401 g/mol. The molecular formula is C23H36N4O2. The Morgan fingerprint density at radius 3 is 2.10 bits per heavy atom. The molecule has 0 aromatic heterocycles. The molecule has 6 nitrogen and oxygen atoms in total. The van der Waals surface area contributed by atoms with Crippen molar-refractivity contribution in [2.24, 2.45) is 5.92 Å². The Labute approximate surface area is 175 Å². The molecular weight excluding hydrogens is 364 g/mol. The highest BCUT2D eigenvalue weighted by atomic mass is 16.4. The van der Waals surface area contributed by atoms with Crippen molar-refractivity contribution < 1.29 is 9.90 Å². The number of piperazine rings is 1. The summed E-state index contributed by atoms with van der Waals surface area (Å²) in [4.78, 5) is 16.8. The van der Waals surface area contributed by atoms with Crippen molar-refractivity contribution in [1.82, 2.24) is 9.80 Å². The van der Waals surface area contributed by atoms with Crippen molar-refractivity contribution in [1.29, 1.82) is 5.26 Å². The van der Waals surface area contributed by atoms with Crippen LogP contribution in [0.2, 0.25) is 0 Å². The van der Waals surface area contributed by atoms with Gasteiger partial charge in [0.25, 0.3) is 5.97 Å². The Morgan fingerprint density at radius 1 is 1.10 bits per heavy atom. The van der Waals surface area contributed by atoms with Crippen LogP contribution in [0.1, 0.15) is 46.6 Å². The van der Waals surface area contributed by atoms with Gasteiger partial charge in [0.1, 0.15) is 0 Å². The molecule has 2 unspecified atom stereocenters. The van der Waals surface area contributed by atoms with Gasteiger partial charge in [-0.1, -0.05) is 6.92 Å². The number of hydrogen-bond acceptors (Lipinski definition) is 5. The van der Waals surface area contributed by atoms with E-state index < -0.39 is 5.97 Å². The molecule has 0 aliphatic carbocycles. The molecule has 2 saturated heterocycles. The number of aliphatic carboxylic acids is 1. The molecule has 3 rings (SSSR count). The zero-order chi connectivity index (χ0) is 21.6. The number of nitrogens with zero attached hydrogens (tertiary/aromatic N) is 4. The summed E-state index contributed by atoms with van der Waals surface area (Å²) in [6.07, 6.45) is 1.29. The van der Waals surface area contributed by atoms with Crippen LogP contribution in [0.3, 0.4) is 0 Å². The van der Waals surface area contributed by atoms with Gasteiger partial charge >= 0.3 is 0 Å². The molecule has 6 heteroatoms. The monoisotopic (exact) mass is 400 g/mol. The van der Waals surface area contributed by atoms with Crippen molar-refractivity contribution in [3.63, 3.8) is 0 Å². The molecule has 0 amide bonds. The zero-order valence-corrected chi connectivity index (χ0v) is 18.6. The second-order valence-corrected chi connectivity index (χ2v) is 9.15. The summed E-state index contributed by atoms with van der Waals surface area (Å²) in [5, 5.41) is 16.4. The number of hydrogen-bond donors (Lipinski definition) is 1. The molecule has 0 spiro atoms. The summed E-state index contributed by atoms with van der Waals surface area (Å²) in [7, 11) is 0. The van der Waals surface area contributed by atoms with Crippen LogP contribution in [0.25, 0.3) is 0 Å². The van der Waals surface area contributed by atoms with Gasteiger partial charge in [-0.15, -0.1) is 0 Å². The number of nitriles is 1. The number of anilines is 1. The SMILES string of the molecule is CC(=O)O.CC1CN(C(C)(C)C)CCC1N1CCN(c2ccc(C#N)cc2)CC1. The highest BCUT2D eigenvalue weighted by Crippen LogP contribution is 2.28. The van der Waals surface area contributed by atoms with Crippen molar-refractivity contribution >= 4 is 11.7 Å². The lowest BCUT2D eigenvalue weighted by Gasteiger charge is -2.49. The van der Waals surface area contributed by atoms with Crippen LogP contribution in [-0.2, 0) is 4.79 Å². The largest absolute Gasteiger partial charge is 0.481 e. The number of rotatable bonds is 2. The maximum Gasteiger partial charge on any atom is 0.300 e. The van der Waals surface area contributed by atoms with Gasteiger partial charge in [-0.25, -0.2) is 0 Å². The minimum atomic E-state index is -0.833. The van der Waals surface area contributed by atoms with E-state index in [1.807, 2.05) is 12.1 Å². The van der Waals surface area contributed by atoms with Crippen molar-refractivity contribution in [2.75, 3.05) is 44.2 Å². The van der Waals surface area contributed by atoms with E-state index >= 15 is 0 Å². The Bertz CT molecular complexity index is 693. The lowest BCUT2D eigenvalue weighted by molar-refractivity contribution is -0.134. The predicted octanol–water partition coefficient (Wildman–Crippen LogP) is 3.28. The van der Waals surface area contributed by atoms with Crippen LogP contribution in [0.5, 0.6) is 0 Å². The summed E-state index contributed by atoms with van der Waals surface area (Å²) >= 11 is 0. The normalized spacial score (nSPS) is 23.7. The first-order valence-electron chi connectivity index (χ1n) is 10.6. The van der Waals surface area contributed by atoms with Crippen molar-refractivity contribution in [2.45, 2.75) is 52.6 Å². The van der Waals surface area contributed by atoms with Gasteiger partial charge in [0, 0.05) is 63.5 Å². The number of carbonyl (C=O) groups is 1. The number of likely N-dealkylation sites (tertiary alicyclic amines) is 1. The van der Waals surface area contributed by atoms with E-state index in [1.165, 1.54) is 25.2 Å². The second kappa shape index (κ2) is 10.1. The fourth-order valence-electron chi connectivity index (χ4n) is 4.34. The van der Waals surface area contributed by atoms with Gasteiger partial charge in [-0.2, -0.15) is 5.26 Å². The number of carboxylic acids is 1. The predicted molar refractivity (Wildman–Crippen MR) is 117 cm³/mol. The van der Waals surface area contributed by atoms with E-state index in [-0.39, 0.29) is 5.54 Å². The first-order valence-corrected chi connectivity index (χ1v) is 10.6. The van der Waals surface area contributed by atoms with Crippen LogP contribution in [0.15, 0.2) is 24.3 Å². The zero-order valence-electron chi connectivity index (χ0n) is 18.6. The van der Waals surface area contributed by atoms with E-state index in [0.29, 0.717) is 0 Å². The quantitative estimate of drug-likeness (QED) is 0.821. The lowest BCUT2D eigenvalue weighted by Crippen LogP contribution is -2.58. The maximum atomic E-state index is 9.00. The highest BCUT2D eigenvalue weighted by Gasteiger charge is 2.35. The van der Waals surface area contributed by atoms with E-state index in [4.69, 9.17) is 15.2 Å². The van der Waals surface area contributed by atoms with E-state index in [1.54, 1.807) is 0 Å². The van der Waals surface area contributed by atoms with Crippen molar-refractivity contribution in [3.8, 4) is 6.07 Å². The lowest BCUT2D eigenvalue weighted by atomic mass is 9.89. The van der Waals surface area contributed by atoms with E-state index in [2.05, 4.69) is 60.6 Å². The summed E-state index contributed by atoms with van der Waals surface area (Å²) in [6.45, 7) is 17.4. The van der Waals surface area contributed by atoms with Gasteiger partial charge < -0.3 is 10.0 Å². The summed E-state index contributed by atoms with van der Waals surface area (Å²) in [6, 6.07) is 10.9. The van der Waals surface area contributed by atoms with Crippen LogP contribution in [0.4, 0.5) is 5.69 Å². The molecule has 0 saturated carbocycles. The van der Waals surface area contributed by atoms with Crippen LogP contribution >= 0.6 is 0 Å². The van der Waals surface area contributed by atoms with Gasteiger partial charge in [-0.3, -0.25) is 14.6 Å². The summed E-state index contributed by atoms with van der Waals surface area (Å²) < 4.78 is 0. The minimum Gasteiger partial charge on any atom is -0.481 e. The van der Waals surface area contributed by atoms with Crippen molar-refractivity contribution in [3.05, 3.63) is 29.8 Å². The molecule has 2 fully saturated rings. The first-order chi connectivity index (χ1) is 13.6. The molecule has 2 aliphatic rings. The summed E-state index contributed by atoms with van der Waals surface area (Å²) in [5.41, 5.74) is 2.27. The van der Waals surface area contributed by atoms with Gasteiger partial charge in [-0.05, 0) is 57.4 Å². The van der Waals surface area contributed by atoms with Crippen LogP contribution in [0, 0.1) is 17.2 Å². The maximum absolute atomic E-state index is 9.00. The molecule has 1 N–H and O–H groups in total. The Kier molecular flexibility index (Phi) is 8.06. The molecule has 2 heterocycles. The number of piperidine rings is 1. The molecule has 1 aromatic rings. The van der Waals surface area contributed by atoms with Gasteiger partial charge in [0.05, 0.1) is 11.6 Å². The fourth-order valence-corrected chi connectivity index (χ4v) is 4.34. The van der Waals surface area contributed by atoms with Gasteiger partial charge in [0.2, 0.25) is 0 Å². The Hall–Kier alpha value is -2.10. The molecule has 1 aromatic carbocycles. The molecule has 2 aliphatic heterocycles. The average Bonchev–Trinajstić information content (AvgIpc) is 2.67. The second-order valence-electron chi connectivity index (χ2n) is 9.15. The highest BCUT2D eigenvalue weighted by molar-refractivity contribution is 5.63. The van der Waals surface area contributed by atoms with E-state index in [0.717, 1.165) is 50.6 Å². The third-order valence-corrected chi connectivity index (χ3v) is 5.95. The smallest absolute Gasteiger partial charge is 0.300 e. The Balaban J connectivity index is 0.000000687. The van der Waals surface area contributed by atoms with Crippen LogP contribution < -0.4 is 4.90 Å². The Morgan fingerprint density at radius 2 is 1.66 bits per heavy atom. The standard InChI is InChI=1S/C21H32N4.C2H4O2/c1-17-16-25(21(2,3)4)10-9-20(17)24-13-11-23(12-14-24)19-7-5-18(15-22)6-8-19;1-2(3)4/h5-8,17,20H,9-14,16H2,1-4H3;1H3,(H,3,4). The molecule has 0 bridgehead atoms. The minimum absolute atomic E-state index is 0.285. The number of benzene rings is 1. The molecule has 2 atom stereocenters. The molecule has 160 valence electrons. The van der Waals surface area contributed by atoms with E-state index in [9.17, 15) is 0 Å². The number of carboxylic acid groups (broad SMARTS) is 1. The fraction of sp³-hybridized carbons (Fsp3) is 0.652. The topological polar surface area (TPSA) is 70.8 Å². The first kappa shape index (κ1) is 23.2. The summed E-state index contributed by atoms with van der Waals surface area (Å²) in [5.74, 6) is -0.102. The van der Waals surface area contributed by atoms with Crippen LogP contribution in [-0.4, -0.2) is 71.7 Å². The third-order valence-electron chi connectivity index (χ3n) is 5.95. The molecule has 0 radical (unpaired) electrons. The van der Waals surface area contributed by atoms with Gasteiger partial charge in [0.15, 0.2) is 0 Å².